The summed E-state index contributed by atoms with van der Waals surface area (Å²) in [5, 5.41) is 1.10. The zero-order valence-corrected chi connectivity index (χ0v) is 10.6. The van der Waals surface area contributed by atoms with Gasteiger partial charge in [-0.1, -0.05) is 12.1 Å². The Labute approximate surface area is 111 Å². The number of fused-ring (bicyclic) bond motifs is 1. The van der Waals surface area contributed by atoms with Crippen LogP contribution in [0.1, 0.15) is 12.0 Å². The molecule has 1 aromatic heterocycles. The minimum Gasteiger partial charge on any atom is -0.361 e. The van der Waals surface area contributed by atoms with E-state index < -0.39 is 0 Å². The van der Waals surface area contributed by atoms with Gasteiger partial charge in [0.05, 0.1) is 6.42 Å². The summed E-state index contributed by atoms with van der Waals surface area (Å²) in [5.74, 6) is -0.200. The summed E-state index contributed by atoms with van der Waals surface area (Å²) in [7, 11) is 0. The van der Waals surface area contributed by atoms with Crippen molar-refractivity contribution in [1.29, 1.82) is 0 Å². The van der Waals surface area contributed by atoms with Crippen LogP contribution in [0.15, 0.2) is 30.5 Å². The van der Waals surface area contributed by atoms with E-state index in [4.69, 9.17) is 5.73 Å². The number of hydrogen-bond acceptors (Lipinski definition) is 3. The number of hydrogen-bond donors (Lipinski definition) is 2. The van der Waals surface area contributed by atoms with Crippen LogP contribution in [-0.4, -0.2) is 35.3 Å². The molecule has 1 aromatic carbocycles. The first-order valence-corrected chi connectivity index (χ1v) is 6.25. The van der Waals surface area contributed by atoms with Gasteiger partial charge in [-0.05, 0) is 36.0 Å². The lowest BCUT2D eigenvalue weighted by molar-refractivity contribution is -0.137. The fourth-order valence-electron chi connectivity index (χ4n) is 1.98. The number of aromatic nitrogens is 1. The van der Waals surface area contributed by atoms with Gasteiger partial charge < -0.3 is 10.7 Å². The maximum absolute atomic E-state index is 12.0. The van der Waals surface area contributed by atoms with Gasteiger partial charge in [-0.3, -0.25) is 14.5 Å². The quantitative estimate of drug-likeness (QED) is 0.761. The monoisotopic (exact) mass is 259 g/mol. The lowest BCUT2D eigenvalue weighted by atomic mass is 10.1. The molecule has 2 aromatic rings. The Morgan fingerprint density at radius 1 is 1.37 bits per heavy atom. The van der Waals surface area contributed by atoms with Crippen LogP contribution < -0.4 is 5.73 Å². The van der Waals surface area contributed by atoms with Gasteiger partial charge >= 0.3 is 0 Å². The molecule has 3 N–H and O–H groups in total. The van der Waals surface area contributed by atoms with Crippen molar-refractivity contribution in [2.45, 2.75) is 12.8 Å². The molecule has 0 unspecified atom stereocenters. The molecule has 19 heavy (non-hydrogen) atoms. The number of rotatable bonds is 6. The van der Waals surface area contributed by atoms with Gasteiger partial charge in [0.2, 0.25) is 12.3 Å². The molecule has 0 spiro atoms. The van der Waals surface area contributed by atoms with Crippen molar-refractivity contribution in [3.8, 4) is 0 Å². The molecular formula is C14H17N3O2. The van der Waals surface area contributed by atoms with Gasteiger partial charge in [-0.25, -0.2) is 0 Å². The third-order valence-corrected chi connectivity index (χ3v) is 3.03. The molecule has 0 atom stereocenters. The lowest BCUT2D eigenvalue weighted by Crippen LogP contribution is -2.32. The van der Waals surface area contributed by atoms with E-state index in [0.717, 1.165) is 16.5 Å². The SMILES string of the molecule is NCCCN(C=O)C(=O)Cc1ccc2cc[nH]c2c1. The highest BCUT2D eigenvalue weighted by Crippen LogP contribution is 2.15. The standard InChI is InChI=1S/C14H17N3O2/c15-5-1-7-17(10-18)14(19)9-11-2-3-12-4-6-16-13(12)8-11/h2-4,6,8,10,16H,1,5,7,9,15H2. The van der Waals surface area contributed by atoms with Crippen LogP contribution >= 0.6 is 0 Å². The minimum atomic E-state index is -0.200. The number of nitrogens with one attached hydrogen (secondary N) is 1. The Morgan fingerprint density at radius 3 is 2.95 bits per heavy atom. The van der Waals surface area contributed by atoms with Crippen LogP contribution in [-0.2, 0) is 16.0 Å². The van der Waals surface area contributed by atoms with Crippen molar-refractivity contribution in [3.63, 3.8) is 0 Å². The molecular weight excluding hydrogens is 242 g/mol. The second-order valence-electron chi connectivity index (χ2n) is 4.41. The molecule has 0 aliphatic rings. The zero-order chi connectivity index (χ0) is 13.7. The van der Waals surface area contributed by atoms with E-state index in [-0.39, 0.29) is 12.3 Å². The van der Waals surface area contributed by atoms with Crippen LogP contribution in [0.25, 0.3) is 10.9 Å². The Kier molecular flexibility index (Phi) is 4.30. The summed E-state index contributed by atoms with van der Waals surface area (Å²) in [6.45, 7) is 0.843. The Balaban J connectivity index is 2.06. The molecule has 0 saturated carbocycles. The number of carbonyl (C=O) groups is 2. The molecule has 5 nitrogen and oxygen atoms in total. The van der Waals surface area contributed by atoms with E-state index in [1.807, 2.05) is 30.5 Å². The van der Waals surface area contributed by atoms with Crippen LogP contribution in [0.5, 0.6) is 0 Å². The minimum absolute atomic E-state index is 0.200. The second kappa shape index (κ2) is 6.15. The summed E-state index contributed by atoms with van der Waals surface area (Å²) >= 11 is 0. The highest BCUT2D eigenvalue weighted by molar-refractivity contribution is 5.89. The predicted octanol–water partition coefficient (Wildman–Crippen LogP) is 1.04. The van der Waals surface area contributed by atoms with E-state index in [0.29, 0.717) is 25.9 Å². The largest absolute Gasteiger partial charge is 0.361 e. The van der Waals surface area contributed by atoms with Gasteiger partial charge in [0.15, 0.2) is 0 Å². The van der Waals surface area contributed by atoms with Crippen LogP contribution in [0.4, 0.5) is 0 Å². The Bertz CT molecular complexity index is 577. The average molecular weight is 259 g/mol. The molecule has 100 valence electrons. The van der Waals surface area contributed by atoms with E-state index in [1.165, 1.54) is 4.90 Å². The third-order valence-electron chi connectivity index (χ3n) is 3.03. The third kappa shape index (κ3) is 3.20. The smallest absolute Gasteiger partial charge is 0.233 e. The Hall–Kier alpha value is -2.14. The molecule has 2 amide bonds. The normalized spacial score (nSPS) is 10.6. The van der Waals surface area contributed by atoms with Gasteiger partial charge in [-0.2, -0.15) is 0 Å². The fraction of sp³-hybridized carbons (Fsp3) is 0.286. The summed E-state index contributed by atoms with van der Waals surface area (Å²) in [6.07, 6.45) is 3.28. The van der Waals surface area contributed by atoms with Crippen molar-refractivity contribution in [1.82, 2.24) is 9.88 Å². The summed E-state index contributed by atoms with van der Waals surface area (Å²) in [6, 6.07) is 7.76. The maximum atomic E-state index is 12.0. The molecule has 2 rings (SSSR count). The van der Waals surface area contributed by atoms with E-state index in [1.54, 1.807) is 0 Å². The number of nitrogens with two attached hydrogens (primary N) is 1. The number of nitrogens with zero attached hydrogens (tertiary/aromatic N) is 1. The first-order chi connectivity index (χ1) is 9.24. The first kappa shape index (κ1) is 13.3. The van der Waals surface area contributed by atoms with Crippen LogP contribution in [0, 0.1) is 0 Å². The highest BCUT2D eigenvalue weighted by Gasteiger charge is 2.12. The van der Waals surface area contributed by atoms with E-state index in [2.05, 4.69) is 4.98 Å². The molecule has 0 saturated heterocycles. The average Bonchev–Trinajstić information content (AvgIpc) is 2.87. The summed E-state index contributed by atoms with van der Waals surface area (Å²) in [4.78, 5) is 27.1. The predicted molar refractivity (Wildman–Crippen MR) is 73.5 cm³/mol. The Morgan fingerprint density at radius 2 is 2.21 bits per heavy atom. The van der Waals surface area contributed by atoms with Gasteiger partial charge in [0.1, 0.15) is 0 Å². The molecule has 0 aliphatic heterocycles. The van der Waals surface area contributed by atoms with E-state index >= 15 is 0 Å². The number of amides is 2. The number of imide groups is 1. The van der Waals surface area contributed by atoms with Crippen molar-refractivity contribution >= 4 is 23.2 Å². The van der Waals surface area contributed by atoms with Crippen molar-refractivity contribution < 1.29 is 9.59 Å². The maximum Gasteiger partial charge on any atom is 0.233 e. The van der Waals surface area contributed by atoms with Gasteiger partial charge in [0.25, 0.3) is 0 Å². The van der Waals surface area contributed by atoms with Crippen molar-refractivity contribution in [2.75, 3.05) is 13.1 Å². The number of H-pyrrole nitrogens is 1. The van der Waals surface area contributed by atoms with Gasteiger partial charge in [-0.15, -0.1) is 0 Å². The summed E-state index contributed by atoms with van der Waals surface area (Å²) in [5.41, 5.74) is 7.26. The van der Waals surface area contributed by atoms with Crippen molar-refractivity contribution in [3.05, 3.63) is 36.0 Å². The number of aromatic amines is 1. The van der Waals surface area contributed by atoms with Gasteiger partial charge in [0, 0.05) is 18.3 Å². The zero-order valence-electron chi connectivity index (χ0n) is 10.6. The van der Waals surface area contributed by atoms with Crippen molar-refractivity contribution in [2.24, 2.45) is 5.73 Å². The number of benzene rings is 1. The molecule has 1 heterocycles. The second-order valence-corrected chi connectivity index (χ2v) is 4.41. The van der Waals surface area contributed by atoms with Crippen LogP contribution in [0.3, 0.4) is 0 Å². The topological polar surface area (TPSA) is 79.2 Å². The highest BCUT2D eigenvalue weighted by atomic mass is 16.2. The van der Waals surface area contributed by atoms with E-state index in [9.17, 15) is 9.59 Å². The summed E-state index contributed by atoms with van der Waals surface area (Å²) < 4.78 is 0. The fourth-order valence-corrected chi connectivity index (χ4v) is 1.98. The molecule has 0 radical (unpaired) electrons. The number of carbonyl (C=O) groups excluding carboxylic acids is 2. The molecule has 0 fully saturated rings. The van der Waals surface area contributed by atoms with Crippen LogP contribution in [0.2, 0.25) is 0 Å². The molecule has 0 bridgehead atoms. The molecule has 5 heteroatoms. The molecule has 0 aliphatic carbocycles. The first-order valence-electron chi connectivity index (χ1n) is 6.25. The lowest BCUT2D eigenvalue weighted by Gasteiger charge is -2.14.